The number of hydrogen-bond donors (Lipinski definition) is 4. The molecule has 0 aliphatic heterocycles. The summed E-state index contributed by atoms with van der Waals surface area (Å²) in [7, 11) is 0. The Hall–Kier alpha value is -4.20. The zero-order valence-electron chi connectivity index (χ0n) is 14.7. The van der Waals surface area contributed by atoms with Crippen molar-refractivity contribution in [3.63, 3.8) is 0 Å². The number of carbonyl (C=O) groups is 1. The monoisotopic (exact) mass is 378 g/mol. The third-order valence-corrected chi connectivity index (χ3v) is 3.77. The van der Waals surface area contributed by atoms with Crippen molar-refractivity contribution in [2.24, 2.45) is 16.6 Å². The molecule has 8 heteroatoms. The molecule has 0 aliphatic rings. The SMILES string of the molecule is NC(=O)c1ccc(Oc2cc(N)cc(Oc3ccc(/C(N)=N/O)cc3)c2)cc1. The fourth-order valence-electron chi connectivity index (χ4n) is 2.42. The van der Waals surface area contributed by atoms with Crippen molar-refractivity contribution in [1.82, 2.24) is 0 Å². The number of carbonyl (C=O) groups excluding carboxylic acids is 1. The maximum Gasteiger partial charge on any atom is 0.248 e. The molecule has 0 aromatic heterocycles. The van der Waals surface area contributed by atoms with Crippen LogP contribution in [0.4, 0.5) is 5.69 Å². The number of nitrogens with two attached hydrogens (primary N) is 3. The van der Waals surface area contributed by atoms with Gasteiger partial charge < -0.3 is 31.9 Å². The minimum atomic E-state index is -0.510. The summed E-state index contributed by atoms with van der Waals surface area (Å²) in [5, 5.41) is 11.6. The van der Waals surface area contributed by atoms with Gasteiger partial charge in [0.1, 0.15) is 23.0 Å². The normalized spacial score (nSPS) is 11.1. The fraction of sp³-hybridized carbons (Fsp3) is 0. The third-order valence-electron chi connectivity index (χ3n) is 3.77. The highest BCUT2D eigenvalue weighted by Crippen LogP contribution is 2.31. The highest BCUT2D eigenvalue weighted by Gasteiger charge is 2.06. The van der Waals surface area contributed by atoms with Crippen molar-refractivity contribution in [2.45, 2.75) is 0 Å². The van der Waals surface area contributed by atoms with Crippen molar-refractivity contribution in [2.75, 3.05) is 5.73 Å². The average molecular weight is 378 g/mol. The summed E-state index contributed by atoms with van der Waals surface area (Å²) < 4.78 is 11.6. The Bertz CT molecular complexity index is 1020. The van der Waals surface area contributed by atoms with Crippen LogP contribution >= 0.6 is 0 Å². The molecule has 0 saturated carbocycles. The molecule has 28 heavy (non-hydrogen) atoms. The van der Waals surface area contributed by atoms with Crippen LogP contribution in [0.5, 0.6) is 23.0 Å². The van der Waals surface area contributed by atoms with Crippen LogP contribution in [-0.2, 0) is 0 Å². The van der Waals surface area contributed by atoms with Crippen LogP contribution in [0.15, 0.2) is 71.9 Å². The molecular formula is C20H18N4O4. The van der Waals surface area contributed by atoms with Crippen molar-refractivity contribution in [1.29, 1.82) is 0 Å². The molecule has 0 unspecified atom stereocenters. The van der Waals surface area contributed by atoms with Gasteiger partial charge in [0, 0.05) is 35.0 Å². The number of nitrogen functional groups attached to an aromatic ring is 1. The molecule has 0 aliphatic carbocycles. The van der Waals surface area contributed by atoms with Gasteiger partial charge in [-0.1, -0.05) is 5.16 Å². The van der Waals surface area contributed by atoms with Gasteiger partial charge in [-0.25, -0.2) is 0 Å². The number of nitrogens with zero attached hydrogens (tertiary/aromatic N) is 1. The van der Waals surface area contributed by atoms with Crippen molar-refractivity contribution >= 4 is 17.4 Å². The van der Waals surface area contributed by atoms with E-state index >= 15 is 0 Å². The molecule has 0 atom stereocenters. The lowest BCUT2D eigenvalue weighted by Gasteiger charge is -2.11. The van der Waals surface area contributed by atoms with Gasteiger partial charge in [0.25, 0.3) is 0 Å². The maximum atomic E-state index is 11.1. The van der Waals surface area contributed by atoms with Crippen molar-refractivity contribution in [3.05, 3.63) is 77.9 Å². The van der Waals surface area contributed by atoms with E-state index in [1.165, 1.54) is 0 Å². The van der Waals surface area contributed by atoms with Crippen LogP contribution in [0.3, 0.4) is 0 Å². The number of ether oxygens (including phenoxy) is 2. The quantitative estimate of drug-likeness (QED) is 0.170. The van der Waals surface area contributed by atoms with E-state index in [4.69, 9.17) is 31.9 Å². The highest BCUT2D eigenvalue weighted by molar-refractivity contribution is 5.97. The zero-order valence-corrected chi connectivity index (χ0v) is 14.7. The van der Waals surface area contributed by atoms with Crippen molar-refractivity contribution in [3.8, 4) is 23.0 Å². The lowest BCUT2D eigenvalue weighted by Crippen LogP contribution is -2.12. The summed E-state index contributed by atoms with van der Waals surface area (Å²) >= 11 is 0. The molecule has 1 amide bonds. The lowest BCUT2D eigenvalue weighted by molar-refractivity contribution is 0.100. The van der Waals surface area contributed by atoms with E-state index < -0.39 is 5.91 Å². The molecule has 3 rings (SSSR count). The van der Waals surface area contributed by atoms with Crippen LogP contribution in [0.2, 0.25) is 0 Å². The number of hydrogen-bond acceptors (Lipinski definition) is 6. The molecular weight excluding hydrogens is 360 g/mol. The Morgan fingerprint density at radius 3 is 1.64 bits per heavy atom. The first-order valence-corrected chi connectivity index (χ1v) is 8.19. The predicted molar refractivity (Wildman–Crippen MR) is 105 cm³/mol. The average Bonchev–Trinajstić information content (AvgIpc) is 2.68. The van der Waals surface area contributed by atoms with Crippen LogP contribution < -0.4 is 26.7 Å². The van der Waals surface area contributed by atoms with E-state index in [9.17, 15) is 4.79 Å². The Labute approximate surface area is 160 Å². The second-order valence-corrected chi connectivity index (χ2v) is 5.84. The van der Waals surface area contributed by atoms with Crippen molar-refractivity contribution < 1.29 is 19.5 Å². The van der Waals surface area contributed by atoms with Crippen LogP contribution in [0.1, 0.15) is 15.9 Å². The summed E-state index contributed by atoms with van der Waals surface area (Å²) in [5.41, 5.74) is 18.1. The van der Waals surface area contributed by atoms with Crippen LogP contribution in [0.25, 0.3) is 0 Å². The zero-order chi connectivity index (χ0) is 20.1. The minimum Gasteiger partial charge on any atom is -0.457 e. The number of amidine groups is 1. The summed E-state index contributed by atoms with van der Waals surface area (Å²) in [6.45, 7) is 0. The van der Waals surface area contributed by atoms with E-state index in [0.717, 1.165) is 0 Å². The molecule has 0 saturated heterocycles. The predicted octanol–water partition coefficient (Wildman–Crippen LogP) is 3.05. The van der Waals surface area contributed by atoms with Gasteiger partial charge in [-0.15, -0.1) is 0 Å². The molecule has 0 fully saturated rings. The van der Waals surface area contributed by atoms with Gasteiger partial charge in [-0.2, -0.15) is 0 Å². The van der Waals surface area contributed by atoms with Gasteiger partial charge in [0.15, 0.2) is 5.84 Å². The lowest BCUT2D eigenvalue weighted by atomic mass is 10.2. The summed E-state index contributed by atoms with van der Waals surface area (Å²) in [4.78, 5) is 11.1. The number of primary amides is 1. The summed E-state index contributed by atoms with van der Waals surface area (Å²) in [6.07, 6.45) is 0. The molecule has 3 aromatic carbocycles. The number of rotatable bonds is 6. The Morgan fingerprint density at radius 1 is 0.750 bits per heavy atom. The van der Waals surface area contributed by atoms with Crippen LogP contribution in [-0.4, -0.2) is 17.0 Å². The Morgan fingerprint density at radius 2 is 1.21 bits per heavy atom. The third kappa shape index (κ3) is 4.50. The Balaban J connectivity index is 1.76. The molecule has 7 N–H and O–H groups in total. The topological polar surface area (TPSA) is 146 Å². The number of amides is 1. The minimum absolute atomic E-state index is 0.00791. The first-order chi connectivity index (χ1) is 13.4. The maximum absolute atomic E-state index is 11.1. The summed E-state index contributed by atoms with van der Waals surface area (Å²) in [6, 6.07) is 18.1. The second-order valence-electron chi connectivity index (χ2n) is 5.84. The first-order valence-electron chi connectivity index (χ1n) is 8.19. The number of oxime groups is 1. The standard InChI is InChI=1S/C20H18N4O4/c21-14-9-17(27-15-5-1-12(2-6-15)19(22)24-26)11-18(10-14)28-16-7-3-13(4-8-16)20(23)25/h1-11,26H,21H2,(H2,22,24)(H2,23,25). The molecule has 0 bridgehead atoms. The largest absolute Gasteiger partial charge is 0.457 e. The second kappa shape index (κ2) is 8.00. The molecule has 3 aromatic rings. The smallest absolute Gasteiger partial charge is 0.248 e. The first kappa shape index (κ1) is 18.6. The van der Waals surface area contributed by atoms with Crippen LogP contribution in [0, 0.1) is 0 Å². The van der Waals surface area contributed by atoms with Gasteiger partial charge >= 0.3 is 0 Å². The van der Waals surface area contributed by atoms with Gasteiger partial charge in [-0.3, -0.25) is 4.79 Å². The van der Waals surface area contributed by atoms with E-state index in [0.29, 0.717) is 39.8 Å². The molecule has 8 nitrogen and oxygen atoms in total. The highest BCUT2D eigenvalue weighted by atomic mass is 16.5. The van der Waals surface area contributed by atoms with E-state index in [1.54, 1.807) is 66.7 Å². The molecule has 0 heterocycles. The summed E-state index contributed by atoms with van der Waals surface area (Å²) in [5.74, 6) is 1.50. The van der Waals surface area contributed by atoms with E-state index in [1.807, 2.05) is 0 Å². The van der Waals surface area contributed by atoms with Gasteiger partial charge in [-0.05, 0) is 48.5 Å². The Kier molecular flexibility index (Phi) is 5.31. The molecule has 0 radical (unpaired) electrons. The van der Waals surface area contributed by atoms with E-state index in [2.05, 4.69) is 5.16 Å². The fourth-order valence-corrected chi connectivity index (χ4v) is 2.42. The number of benzene rings is 3. The molecule has 0 spiro atoms. The number of anilines is 1. The van der Waals surface area contributed by atoms with Gasteiger partial charge in [0.05, 0.1) is 0 Å². The molecule has 142 valence electrons. The van der Waals surface area contributed by atoms with E-state index in [-0.39, 0.29) is 5.84 Å². The van der Waals surface area contributed by atoms with Gasteiger partial charge in [0.2, 0.25) is 5.91 Å².